The first-order valence-electron chi connectivity index (χ1n) is 5.90. The zero-order valence-electron chi connectivity index (χ0n) is 10.4. The van der Waals surface area contributed by atoms with Gasteiger partial charge in [0.2, 0.25) is 0 Å². The summed E-state index contributed by atoms with van der Waals surface area (Å²) < 4.78 is 3.00. The Morgan fingerprint density at radius 1 is 1.44 bits per heavy atom. The molecule has 1 aromatic carbocycles. The molecule has 0 bridgehead atoms. The topological polar surface area (TPSA) is 55.9 Å². The van der Waals surface area contributed by atoms with E-state index in [-0.39, 0.29) is 0 Å². The molecule has 0 aliphatic carbocycles. The quantitative estimate of drug-likeness (QED) is 0.890. The maximum absolute atomic E-state index is 5.51. The lowest BCUT2D eigenvalue weighted by Gasteiger charge is -2.08. The Kier molecular flexibility index (Phi) is 4.38. The molecule has 0 radical (unpaired) electrons. The molecule has 0 atom stereocenters. The maximum Gasteiger partial charge on any atom is 0.0762 e. The van der Waals surface area contributed by atoms with Crippen molar-refractivity contribution in [2.75, 3.05) is 18.4 Å². The van der Waals surface area contributed by atoms with E-state index in [4.69, 9.17) is 5.73 Å². The van der Waals surface area contributed by atoms with Crippen LogP contribution in [0.3, 0.4) is 0 Å². The molecule has 0 saturated carbocycles. The monoisotopic (exact) mass is 308 g/mol. The minimum absolute atomic E-state index is 0.616. The summed E-state index contributed by atoms with van der Waals surface area (Å²) >= 11 is 3.49. The number of nitrogens with two attached hydrogens (primary N) is 1. The summed E-state index contributed by atoms with van der Waals surface area (Å²) in [5.41, 5.74) is 8.99. The van der Waals surface area contributed by atoms with Crippen LogP contribution in [0, 0.1) is 0 Å². The van der Waals surface area contributed by atoms with E-state index in [1.165, 1.54) is 11.3 Å². The fraction of sp³-hybridized carbons (Fsp3) is 0.308. The largest absolute Gasteiger partial charge is 0.381 e. The molecule has 0 aliphatic rings. The van der Waals surface area contributed by atoms with Crippen molar-refractivity contribution in [2.24, 2.45) is 12.8 Å². The summed E-state index contributed by atoms with van der Waals surface area (Å²) in [7, 11) is 1.96. The molecule has 4 nitrogen and oxygen atoms in total. The molecule has 0 saturated heterocycles. The first-order chi connectivity index (χ1) is 8.70. The minimum atomic E-state index is 0.616. The Labute approximate surface area is 115 Å². The summed E-state index contributed by atoms with van der Waals surface area (Å²) in [5, 5.41) is 7.59. The van der Waals surface area contributed by atoms with Crippen LogP contribution in [0.2, 0.25) is 0 Å². The molecule has 1 aromatic heterocycles. The third-order valence-electron chi connectivity index (χ3n) is 2.78. The summed E-state index contributed by atoms with van der Waals surface area (Å²) in [6, 6.07) is 8.31. The van der Waals surface area contributed by atoms with E-state index in [9.17, 15) is 0 Å². The van der Waals surface area contributed by atoms with Gasteiger partial charge in [-0.05, 0) is 17.7 Å². The molecule has 5 heteroatoms. The number of anilines is 1. The molecule has 0 fully saturated rings. The van der Waals surface area contributed by atoms with Crippen molar-refractivity contribution in [2.45, 2.75) is 6.42 Å². The second kappa shape index (κ2) is 6.02. The maximum atomic E-state index is 5.51. The molecule has 0 aliphatic heterocycles. The van der Waals surface area contributed by atoms with Crippen molar-refractivity contribution < 1.29 is 0 Å². The Morgan fingerprint density at radius 3 is 3.00 bits per heavy atom. The Morgan fingerprint density at radius 2 is 2.28 bits per heavy atom. The molecule has 96 valence electrons. The van der Waals surface area contributed by atoms with E-state index in [2.05, 4.69) is 38.5 Å². The number of benzene rings is 1. The van der Waals surface area contributed by atoms with Crippen LogP contribution >= 0.6 is 15.9 Å². The van der Waals surface area contributed by atoms with Gasteiger partial charge in [0.05, 0.1) is 17.6 Å². The first-order valence-corrected chi connectivity index (χ1v) is 6.69. The second-order valence-corrected chi connectivity index (χ2v) is 5.07. The van der Waals surface area contributed by atoms with Gasteiger partial charge in [0, 0.05) is 31.0 Å². The number of halogens is 1. The van der Waals surface area contributed by atoms with Gasteiger partial charge in [-0.15, -0.1) is 0 Å². The number of aromatic nitrogens is 2. The predicted octanol–water partition coefficient (Wildman–Crippen LogP) is 2.14. The zero-order chi connectivity index (χ0) is 13.0. The van der Waals surface area contributed by atoms with Crippen LogP contribution in [0.5, 0.6) is 0 Å². The van der Waals surface area contributed by atoms with Crippen LogP contribution in [0.1, 0.15) is 11.3 Å². The van der Waals surface area contributed by atoms with Gasteiger partial charge >= 0.3 is 0 Å². The van der Waals surface area contributed by atoms with Crippen LogP contribution in [0.25, 0.3) is 0 Å². The molecule has 0 unspecified atom stereocenters. The molecule has 3 N–H and O–H groups in total. The summed E-state index contributed by atoms with van der Waals surface area (Å²) in [4.78, 5) is 0. The molecule has 18 heavy (non-hydrogen) atoms. The van der Waals surface area contributed by atoms with E-state index in [1.54, 1.807) is 0 Å². The summed E-state index contributed by atoms with van der Waals surface area (Å²) in [6.45, 7) is 1.38. The molecule has 0 amide bonds. The van der Waals surface area contributed by atoms with Crippen molar-refractivity contribution in [1.29, 1.82) is 0 Å². The third-order valence-corrected chi connectivity index (χ3v) is 3.28. The van der Waals surface area contributed by atoms with Gasteiger partial charge in [0.25, 0.3) is 0 Å². The van der Waals surface area contributed by atoms with Crippen molar-refractivity contribution >= 4 is 21.6 Å². The highest BCUT2D eigenvalue weighted by Gasteiger charge is 2.08. The van der Waals surface area contributed by atoms with E-state index in [0.29, 0.717) is 6.54 Å². The van der Waals surface area contributed by atoms with Crippen LogP contribution in [-0.2, 0) is 13.5 Å². The fourth-order valence-corrected chi connectivity index (χ4v) is 2.31. The number of rotatable bonds is 5. The molecular formula is C13H17BrN4. The highest BCUT2D eigenvalue weighted by Crippen LogP contribution is 2.20. The normalized spacial score (nSPS) is 10.6. The van der Waals surface area contributed by atoms with Gasteiger partial charge in [0.1, 0.15) is 0 Å². The average Bonchev–Trinajstić information content (AvgIpc) is 2.69. The lowest BCUT2D eigenvalue weighted by atomic mass is 10.1. The lowest BCUT2D eigenvalue weighted by Crippen LogP contribution is -2.14. The number of nitrogens with zero attached hydrogens (tertiary/aromatic N) is 2. The van der Waals surface area contributed by atoms with Crippen LogP contribution in [0.15, 0.2) is 34.9 Å². The van der Waals surface area contributed by atoms with E-state index in [0.717, 1.165) is 23.1 Å². The van der Waals surface area contributed by atoms with Gasteiger partial charge in [-0.25, -0.2) is 0 Å². The van der Waals surface area contributed by atoms with Crippen molar-refractivity contribution in [3.63, 3.8) is 0 Å². The SMILES string of the molecule is Cn1ncc(NCCN)c1Cc1cccc(Br)c1. The van der Waals surface area contributed by atoms with Gasteiger partial charge in [-0.2, -0.15) is 5.10 Å². The van der Waals surface area contributed by atoms with Crippen LogP contribution in [-0.4, -0.2) is 22.9 Å². The number of nitrogens with one attached hydrogen (secondary N) is 1. The third kappa shape index (κ3) is 3.11. The number of hydrogen-bond donors (Lipinski definition) is 2. The zero-order valence-corrected chi connectivity index (χ0v) is 11.9. The Hall–Kier alpha value is -1.33. The highest BCUT2D eigenvalue weighted by atomic mass is 79.9. The van der Waals surface area contributed by atoms with Crippen molar-refractivity contribution in [3.8, 4) is 0 Å². The lowest BCUT2D eigenvalue weighted by molar-refractivity contribution is 0.724. The Bertz CT molecular complexity index is 521. The Balaban J connectivity index is 2.20. The minimum Gasteiger partial charge on any atom is -0.381 e. The molecule has 1 heterocycles. The van der Waals surface area contributed by atoms with E-state index in [1.807, 2.05) is 30.1 Å². The highest BCUT2D eigenvalue weighted by molar-refractivity contribution is 9.10. The van der Waals surface area contributed by atoms with E-state index >= 15 is 0 Å². The summed E-state index contributed by atoms with van der Waals surface area (Å²) in [5.74, 6) is 0. The standard InChI is InChI=1S/C13H17BrN4/c1-18-13(12(9-17-18)16-6-5-15)8-10-3-2-4-11(14)7-10/h2-4,7,9,16H,5-6,8,15H2,1H3. The average molecular weight is 309 g/mol. The van der Waals surface area contributed by atoms with Gasteiger partial charge < -0.3 is 11.1 Å². The molecule has 2 aromatic rings. The smallest absolute Gasteiger partial charge is 0.0762 e. The van der Waals surface area contributed by atoms with Crippen LogP contribution in [0.4, 0.5) is 5.69 Å². The van der Waals surface area contributed by atoms with Gasteiger partial charge in [0.15, 0.2) is 0 Å². The van der Waals surface area contributed by atoms with Gasteiger partial charge in [-0.3, -0.25) is 4.68 Å². The number of aryl methyl sites for hydroxylation is 1. The van der Waals surface area contributed by atoms with Crippen LogP contribution < -0.4 is 11.1 Å². The first kappa shape index (κ1) is 13.1. The number of hydrogen-bond acceptors (Lipinski definition) is 3. The van der Waals surface area contributed by atoms with E-state index < -0.39 is 0 Å². The molecular weight excluding hydrogens is 292 g/mol. The summed E-state index contributed by atoms with van der Waals surface area (Å²) in [6.07, 6.45) is 2.70. The molecule has 2 rings (SSSR count). The van der Waals surface area contributed by atoms with Crippen molar-refractivity contribution in [1.82, 2.24) is 9.78 Å². The second-order valence-electron chi connectivity index (χ2n) is 4.15. The fourth-order valence-electron chi connectivity index (χ4n) is 1.87. The molecule has 0 spiro atoms. The van der Waals surface area contributed by atoms with Gasteiger partial charge in [-0.1, -0.05) is 28.1 Å². The predicted molar refractivity (Wildman–Crippen MR) is 77.7 cm³/mol. The van der Waals surface area contributed by atoms with Crippen molar-refractivity contribution in [3.05, 3.63) is 46.2 Å².